The summed E-state index contributed by atoms with van der Waals surface area (Å²) in [6, 6.07) is 4.20. The van der Waals surface area contributed by atoms with E-state index in [0.717, 1.165) is 11.4 Å². The van der Waals surface area contributed by atoms with Crippen LogP contribution in [0, 0.1) is 26.7 Å². The molecule has 1 N–H and O–H groups in total. The van der Waals surface area contributed by atoms with Gasteiger partial charge in [0.05, 0.1) is 11.7 Å². The first-order valence-corrected chi connectivity index (χ1v) is 8.61. The van der Waals surface area contributed by atoms with E-state index in [1.54, 1.807) is 11.3 Å². The van der Waals surface area contributed by atoms with Gasteiger partial charge in [0.15, 0.2) is 0 Å². The number of aromatic nitrogens is 2. The van der Waals surface area contributed by atoms with Crippen molar-refractivity contribution in [3.05, 3.63) is 39.3 Å². The summed E-state index contributed by atoms with van der Waals surface area (Å²) in [7, 11) is 0. The molecule has 0 saturated carbocycles. The van der Waals surface area contributed by atoms with Gasteiger partial charge in [-0.3, -0.25) is 9.48 Å². The molecule has 0 bridgehead atoms. The highest BCUT2D eigenvalue weighted by atomic mass is 32.1. The van der Waals surface area contributed by atoms with Gasteiger partial charge >= 0.3 is 0 Å². The van der Waals surface area contributed by atoms with Crippen molar-refractivity contribution >= 4 is 17.2 Å². The van der Waals surface area contributed by atoms with Crippen LogP contribution in [0.15, 0.2) is 17.5 Å². The van der Waals surface area contributed by atoms with Gasteiger partial charge in [-0.1, -0.05) is 19.9 Å². The second-order valence-electron chi connectivity index (χ2n) is 6.07. The molecular formula is C17H25N3OS. The quantitative estimate of drug-likeness (QED) is 0.881. The van der Waals surface area contributed by atoms with Crippen LogP contribution < -0.4 is 5.32 Å². The molecule has 120 valence electrons. The van der Waals surface area contributed by atoms with E-state index < -0.39 is 0 Å². The second kappa shape index (κ2) is 7.09. The minimum Gasteiger partial charge on any atom is -0.348 e. The van der Waals surface area contributed by atoms with Crippen LogP contribution in [0.2, 0.25) is 0 Å². The molecule has 0 aliphatic rings. The molecule has 1 atom stereocenters. The molecule has 5 heteroatoms. The molecule has 1 amide bonds. The van der Waals surface area contributed by atoms with E-state index in [2.05, 4.69) is 49.6 Å². The summed E-state index contributed by atoms with van der Waals surface area (Å²) in [6.45, 7) is 11.0. The first-order valence-electron chi connectivity index (χ1n) is 7.73. The number of hydrogen-bond donors (Lipinski definition) is 1. The summed E-state index contributed by atoms with van der Waals surface area (Å²) in [5, 5.41) is 9.70. The average molecular weight is 319 g/mol. The molecule has 0 aliphatic heterocycles. The Kier molecular flexibility index (Phi) is 5.40. The van der Waals surface area contributed by atoms with Crippen molar-refractivity contribution in [2.24, 2.45) is 5.92 Å². The van der Waals surface area contributed by atoms with E-state index in [-0.39, 0.29) is 11.9 Å². The van der Waals surface area contributed by atoms with Gasteiger partial charge in [-0.15, -0.1) is 11.3 Å². The summed E-state index contributed by atoms with van der Waals surface area (Å²) in [5.74, 6) is 0.454. The van der Waals surface area contributed by atoms with Crippen molar-refractivity contribution in [3.8, 4) is 0 Å². The molecule has 0 aliphatic carbocycles. The molecule has 0 spiro atoms. The number of rotatable bonds is 6. The van der Waals surface area contributed by atoms with Crippen molar-refractivity contribution < 1.29 is 4.79 Å². The number of aryl methyl sites for hydroxylation is 2. The Morgan fingerprint density at radius 2 is 2.09 bits per heavy atom. The Morgan fingerprint density at radius 3 is 2.59 bits per heavy atom. The Bertz CT molecular complexity index is 629. The zero-order valence-electron chi connectivity index (χ0n) is 14.0. The largest absolute Gasteiger partial charge is 0.348 e. The maximum Gasteiger partial charge on any atom is 0.222 e. The maximum atomic E-state index is 12.3. The normalized spacial score (nSPS) is 12.6. The van der Waals surface area contributed by atoms with Crippen molar-refractivity contribution in [1.29, 1.82) is 0 Å². The lowest BCUT2D eigenvalue weighted by Crippen LogP contribution is -2.31. The highest BCUT2D eigenvalue weighted by Crippen LogP contribution is 2.25. The van der Waals surface area contributed by atoms with Gasteiger partial charge in [0.2, 0.25) is 5.91 Å². The second-order valence-corrected chi connectivity index (χ2v) is 7.05. The highest BCUT2D eigenvalue weighted by molar-refractivity contribution is 7.10. The summed E-state index contributed by atoms with van der Waals surface area (Å²) in [4.78, 5) is 13.5. The number of amides is 1. The van der Waals surface area contributed by atoms with E-state index in [1.807, 2.05) is 17.7 Å². The lowest BCUT2D eigenvalue weighted by Gasteiger charge is -2.21. The van der Waals surface area contributed by atoms with E-state index >= 15 is 0 Å². The van der Waals surface area contributed by atoms with Crippen LogP contribution in [0.1, 0.15) is 48.1 Å². The average Bonchev–Trinajstić information content (AvgIpc) is 3.07. The van der Waals surface area contributed by atoms with Gasteiger partial charge in [0.1, 0.15) is 0 Å². The molecular weight excluding hydrogens is 294 g/mol. The molecule has 0 aromatic carbocycles. The predicted molar refractivity (Wildman–Crippen MR) is 91.1 cm³/mol. The van der Waals surface area contributed by atoms with Gasteiger partial charge < -0.3 is 5.32 Å². The number of hydrogen-bond acceptors (Lipinski definition) is 3. The molecule has 2 rings (SSSR count). The van der Waals surface area contributed by atoms with Crippen molar-refractivity contribution in [2.75, 3.05) is 0 Å². The van der Waals surface area contributed by atoms with Crippen LogP contribution in [-0.4, -0.2) is 15.7 Å². The van der Waals surface area contributed by atoms with Crippen LogP contribution in [-0.2, 0) is 11.3 Å². The van der Waals surface area contributed by atoms with Crippen molar-refractivity contribution in [1.82, 2.24) is 15.1 Å². The zero-order valence-corrected chi connectivity index (χ0v) is 14.8. The molecule has 4 nitrogen and oxygen atoms in total. The van der Waals surface area contributed by atoms with Gasteiger partial charge in [-0.25, -0.2) is 0 Å². The first-order chi connectivity index (χ1) is 10.4. The summed E-state index contributed by atoms with van der Waals surface area (Å²) < 4.78 is 1.93. The third kappa shape index (κ3) is 3.77. The van der Waals surface area contributed by atoms with Crippen molar-refractivity contribution in [2.45, 2.75) is 53.6 Å². The van der Waals surface area contributed by atoms with Crippen LogP contribution in [0.4, 0.5) is 0 Å². The smallest absolute Gasteiger partial charge is 0.222 e. The molecule has 22 heavy (non-hydrogen) atoms. The molecule has 1 unspecified atom stereocenters. The van der Waals surface area contributed by atoms with E-state index in [9.17, 15) is 4.79 Å². The molecule has 2 heterocycles. The molecule has 0 fully saturated rings. The molecule has 0 saturated heterocycles. The number of nitrogens with zero attached hydrogens (tertiary/aromatic N) is 2. The molecule has 0 radical (unpaired) electrons. The third-order valence-electron chi connectivity index (χ3n) is 4.13. The number of thiophene rings is 1. The minimum atomic E-state index is 0.0808. The Hall–Kier alpha value is -1.62. The number of nitrogens with one attached hydrogen (secondary N) is 1. The number of carbonyl (C=O) groups excluding carboxylic acids is 1. The first kappa shape index (κ1) is 16.7. The van der Waals surface area contributed by atoms with Gasteiger partial charge in [0.25, 0.3) is 0 Å². The van der Waals surface area contributed by atoms with Crippen LogP contribution >= 0.6 is 11.3 Å². The van der Waals surface area contributed by atoms with E-state index in [0.29, 0.717) is 18.9 Å². The summed E-state index contributed by atoms with van der Waals surface area (Å²) in [6.07, 6.45) is 0.454. The van der Waals surface area contributed by atoms with Gasteiger partial charge in [0, 0.05) is 23.5 Å². The van der Waals surface area contributed by atoms with Gasteiger partial charge in [-0.05, 0) is 43.7 Å². The predicted octanol–water partition coefficient (Wildman–Crippen LogP) is 3.77. The summed E-state index contributed by atoms with van der Waals surface area (Å²) in [5.41, 5.74) is 3.39. The lowest BCUT2D eigenvalue weighted by atomic mass is 10.0. The van der Waals surface area contributed by atoms with Crippen LogP contribution in [0.5, 0.6) is 0 Å². The number of carbonyl (C=O) groups is 1. The highest BCUT2D eigenvalue weighted by Gasteiger charge is 2.19. The maximum absolute atomic E-state index is 12.3. The Balaban J connectivity index is 1.96. The fraction of sp³-hybridized carbons (Fsp3) is 0.529. The lowest BCUT2D eigenvalue weighted by molar-refractivity contribution is -0.122. The van der Waals surface area contributed by atoms with E-state index in [4.69, 9.17) is 0 Å². The standard InChI is InChI=1S/C17H25N3OS/c1-11(2)17(15-7-6-10-22-15)18-16(21)8-9-20-14(5)12(3)13(4)19-20/h6-7,10-11,17H,8-9H2,1-5H3,(H,18,21). The van der Waals surface area contributed by atoms with Gasteiger partial charge in [-0.2, -0.15) is 5.10 Å². The van der Waals surface area contributed by atoms with Crippen LogP contribution in [0.3, 0.4) is 0 Å². The minimum absolute atomic E-state index is 0.0808. The summed E-state index contributed by atoms with van der Waals surface area (Å²) >= 11 is 1.69. The monoisotopic (exact) mass is 319 g/mol. The molecule has 2 aromatic heterocycles. The molecule has 2 aromatic rings. The Morgan fingerprint density at radius 1 is 1.36 bits per heavy atom. The third-order valence-corrected chi connectivity index (χ3v) is 5.08. The fourth-order valence-corrected chi connectivity index (χ4v) is 3.44. The fourth-order valence-electron chi connectivity index (χ4n) is 2.49. The van der Waals surface area contributed by atoms with E-state index in [1.165, 1.54) is 10.4 Å². The Labute approximate surface area is 136 Å². The van der Waals surface area contributed by atoms with Crippen molar-refractivity contribution in [3.63, 3.8) is 0 Å². The topological polar surface area (TPSA) is 46.9 Å². The SMILES string of the molecule is Cc1nn(CCC(=O)NC(c2cccs2)C(C)C)c(C)c1C. The van der Waals surface area contributed by atoms with Crippen LogP contribution in [0.25, 0.3) is 0 Å². The zero-order chi connectivity index (χ0) is 16.3.